The van der Waals surface area contributed by atoms with Crippen LogP contribution >= 0.6 is 15.4 Å². The molecule has 0 aliphatic heterocycles. The van der Waals surface area contributed by atoms with Gasteiger partial charge in [0.2, 0.25) is 0 Å². The maximum atomic E-state index is 14.4. The Labute approximate surface area is 189 Å². The summed E-state index contributed by atoms with van der Waals surface area (Å²) in [6.07, 6.45) is 0.223. The average molecular weight is 460 g/mol. The molecule has 0 spiro atoms. The SMILES string of the molecule is O=P(Oc1ccccc1)(Oc1ccccc1)C(c1ccccc1)=[P+]([O-])Cc1ccccc1. The van der Waals surface area contributed by atoms with Crippen molar-refractivity contribution in [1.29, 1.82) is 0 Å². The van der Waals surface area contributed by atoms with Gasteiger partial charge in [0.05, 0.1) is 7.77 Å². The summed E-state index contributed by atoms with van der Waals surface area (Å²) in [6, 6.07) is 36.2. The maximum absolute atomic E-state index is 14.4. The largest absolute Gasteiger partial charge is 0.629 e. The first-order valence-electron chi connectivity index (χ1n) is 10.1. The Morgan fingerprint density at radius 3 is 1.53 bits per heavy atom. The van der Waals surface area contributed by atoms with E-state index < -0.39 is 15.4 Å². The molecule has 160 valence electrons. The Balaban J connectivity index is 1.85. The van der Waals surface area contributed by atoms with Gasteiger partial charge in [0.1, 0.15) is 17.7 Å². The van der Waals surface area contributed by atoms with Gasteiger partial charge < -0.3 is 13.9 Å². The van der Waals surface area contributed by atoms with Crippen LogP contribution in [0.5, 0.6) is 11.5 Å². The smallest absolute Gasteiger partial charge is 0.505 e. The highest BCUT2D eigenvalue weighted by Crippen LogP contribution is 2.55. The van der Waals surface area contributed by atoms with Crippen molar-refractivity contribution in [2.45, 2.75) is 6.16 Å². The van der Waals surface area contributed by atoms with Crippen molar-refractivity contribution < 1.29 is 18.5 Å². The molecule has 0 saturated heterocycles. The third-order valence-corrected chi connectivity index (χ3v) is 9.10. The summed E-state index contributed by atoms with van der Waals surface area (Å²) in [5.74, 6) is 0.756. The van der Waals surface area contributed by atoms with Crippen LogP contribution in [0.25, 0.3) is 0 Å². The maximum Gasteiger partial charge on any atom is 0.505 e. The third-order valence-electron chi connectivity index (χ3n) is 4.63. The van der Waals surface area contributed by atoms with Crippen LogP contribution in [-0.2, 0) is 10.7 Å². The highest BCUT2D eigenvalue weighted by molar-refractivity contribution is 7.86. The van der Waals surface area contributed by atoms with Gasteiger partial charge in [-0.05, 0) is 29.8 Å². The van der Waals surface area contributed by atoms with Crippen molar-refractivity contribution >= 4 is 20.4 Å². The molecule has 0 aliphatic rings. The fourth-order valence-electron chi connectivity index (χ4n) is 3.20. The summed E-state index contributed by atoms with van der Waals surface area (Å²) >= 11 is 0. The molecular formula is C26H22O4P2. The second-order valence-corrected chi connectivity index (χ2v) is 10.7. The molecule has 4 aromatic carbocycles. The predicted octanol–water partition coefficient (Wildman–Crippen LogP) is 6.47. The van der Waals surface area contributed by atoms with E-state index in [-0.39, 0.29) is 11.2 Å². The normalized spacial score (nSPS) is 12.0. The second kappa shape index (κ2) is 10.4. The number of benzene rings is 4. The van der Waals surface area contributed by atoms with Crippen molar-refractivity contribution in [3.63, 3.8) is 0 Å². The van der Waals surface area contributed by atoms with Gasteiger partial charge in [-0.15, -0.1) is 0 Å². The van der Waals surface area contributed by atoms with Crippen molar-refractivity contribution in [2.24, 2.45) is 0 Å². The molecule has 32 heavy (non-hydrogen) atoms. The molecule has 0 bridgehead atoms. The number of para-hydroxylation sites is 2. The first-order valence-corrected chi connectivity index (χ1v) is 13.1. The molecule has 0 N–H and O–H groups in total. The van der Waals surface area contributed by atoms with E-state index in [4.69, 9.17) is 9.05 Å². The molecule has 6 heteroatoms. The molecule has 4 nitrogen and oxygen atoms in total. The number of hydrogen-bond acceptors (Lipinski definition) is 4. The van der Waals surface area contributed by atoms with E-state index in [9.17, 15) is 9.46 Å². The quantitative estimate of drug-likeness (QED) is 0.283. The second-order valence-electron chi connectivity index (χ2n) is 7.02. The third kappa shape index (κ3) is 5.55. The van der Waals surface area contributed by atoms with Crippen LogP contribution in [0.2, 0.25) is 0 Å². The van der Waals surface area contributed by atoms with Gasteiger partial charge in [0, 0.05) is 5.56 Å². The standard InChI is InChI=1S/C26H22O4P2/c27-31(21-22-13-5-1-6-14-22)26(23-15-7-2-8-16-23)32(28,29-24-17-9-3-10-18-24)30-25-19-11-4-12-20-25/h1-20H,21H2. The van der Waals surface area contributed by atoms with Crippen LogP contribution in [0, 0.1) is 0 Å². The minimum Gasteiger partial charge on any atom is -0.629 e. The molecule has 0 fully saturated rings. The molecular weight excluding hydrogens is 438 g/mol. The van der Waals surface area contributed by atoms with Crippen LogP contribution in [0.1, 0.15) is 11.1 Å². The first-order chi connectivity index (χ1) is 15.6. The van der Waals surface area contributed by atoms with E-state index in [2.05, 4.69) is 0 Å². The Morgan fingerprint density at radius 2 is 1.06 bits per heavy atom. The zero-order valence-corrected chi connectivity index (χ0v) is 19.1. The van der Waals surface area contributed by atoms with Gasteiger partial charge in [-0.25, -0.2) is 4.57 Å². The molecule has 4 aromatic rings. The van der Waals surface area contributed by atoms with Gasteiger partial charge >= 0.3 is 7.60 Å². The Kier molecular flexibility index (Phi) is 7.19. The molecule has 0 aliphatic carbocycles. The van der Waals surface area contributed by atoms with E-state index in [1.54, 1.807) is 60.7 Å². The molecule has 1 atom stereocenters. The summed E-state index contributed by atoms with van der Waals surface area (Å²) in [5, 5.41) is 0.171. The van der Waals surface area contributed by atoms with E-state index in [1.165, 1.54) is 0 Å². The Hall–Kier alpha value is -3.16. The molecule has 0 radical (unpaired) electrons. The highest BCUT2D eigenvalue weighted by atomic mass is 31.2. The van der Waals surface area contributed by atoms with Gasteiger partial charge in [0.15, 0.2) is 0 Å². The van der Waals surface area contributed by atoms with Crippen LogP contribution in [0.3, 0.4) is 0 Å². The molecule has 0 saturated carbocycles. The van der Waals surface area contributed by atoms with Gasteiger partial charge in [-0.2, -0.15) is 0 Å². The lowest BCUT2D eigenvalue weighted by Crippen LogP contribution is -2.15. The molecule has 4 rings (SSSR count). The molecule has 1 unspecified atom stereocenters. The van der Waals surface area contributed by atoms with E-state index in [0.29, 0.717) is 17.1 Å². The van der Waals surface area contributed by atoms with Crippen LogP contribution in [-0.4, -0.2) is 5.03 Å². The van der Waals surface area contributed by atoms with E-state index in [1.807, 2.05) is 60.7 Å². The zero-order valence-electron chi connectivity index (χ0n) is 17.3. The van der Waals surface area contributed by atoms with Crippen molar-refractivity contribution in [1.82, 2.24) is 0 Å². The summed E-state index contributed by atoms with van der Waals surface area (Å²) in [4.78, 5) is 13.7. The monoisotopic (exact) mass is 460 g/mol. The Morgan fingerprint density at radius 1 is 0.656 bits per heavy atom. The first kappa shape index (κ1) is 22.0. The fraction of sp³-hybridized carbons (Fsp3) is 0.0385. The van der Waals surface area contributed by atoms with Crippen molar-refractivity contribution in [3.05, 3.63) is 132 Å². The average Bonchev–Trinajstić information content (AvgIpc) is 2.81. The summed E-state index contributed by atoms with van der Waals surface area (Å²) in [7, 11) is -6.18. The van der Waals surface area contributed by atoms with Gasteiger partial charge in [-0.3, -0.25) is 0 Å². The van der Waals surface area contributed by atoms with Crippen LogP contribution in [0.15, 0.2) is 121 Å². The predicted molar refractivity (Wildman–Crippen MR) is 129 cm³/mol. The van der Waals surface area contributed by atoms with E-state index in [0.717, 1.165) is 5.56 Å². The fourth-order valence-corrected chi connectivity index (χ4v) is 7.35. The molecule has 0 heterocycles. The number of hydrogen-bond donors (Lipinski definition) is 0. The van der Waals surface area contributed by atoms with Gasteiger partial charge in [0.25, 0.3) is 5.03 Å². The lowest BCUT2D eigenvalue weighted by Gasteiger charge is -2.21. The lowest BCUT2D eigenvalue weighted by molar-refractivity contribution is -0.153. The van der Waals surface area contributed by atoms with Crippen molar-refractivity contribution in [2.75, 3.05) is 0 Å². The number of rotatable bonds is 8. The lowest BCUT2D eigenvalue weighted by atomic mass is 10.2. The Bertz CT molecular complexity index is 1170. The van der Waals surface area contributed by atoms with E-state index >= 15 is 0 Å². The summed E-state index contributed by atoms with van der Waals surface area (Å²) in [6.45, 7) is 0. The zero-order chi connectivity index (χ0) is 22.2. The summed E-state index contributed by atoms with van der Waals surface area (Å²) in [5.41, 5.74) is 1.45. The minimum atomic E-state index is -4.06. The van der Waals surface area contributed by atoms with Crippen LogP contribution < -0.4 is 13.9 Å². The molecule has 0 aromatic heterocycles. The minimum absolute atomic E-state index is 0.171. The topological polar surface area (TPSA) is 58.6 Å². The summed E-state index contributed by atoms with van der Waals surface area (Å²) < 4.78 is 26.4. The van der Waals surface area contributed by atoms with Crippen LogP contribution in [0.4, 0.5) is 0 Å². The van der Waals surface area contributed by atoms with Gasteiger partial charge in [-0.1, -0.05) is 97.1 Å². The highest BCUT2D eigenvalue weighted by Gasteiger charge is 2.42. The van der Waals surface area contributed by atoms with Crippen molar-refractivity contribution in [3.8, 4) is 11.5 Å². The molecule has 0 amide bonds.